The molecule has 0 bridgehead atoms. The number of hydrogen-bond donors (Lipinski definition) is 1. The summed E-state index contributed by atoms with van der Waals surface area (Å²) in [6.45, 7) is 5.91. The second-order valence-electron chi connectivity index (χ2n) is 5.53. The molecule has 0 atom stereocenters. The highest BCUT2D eigenvalue weighted by Gasteiger charge is 2.21. The lowest BCUT2D eigenvalue weighted by Gasteiger charge is -2.20. The lowest BCUT2D eigenvalue weighted by molar-refractivity contribution is -0.140. The average molecular weight is 282 g/mol. The number of esters is 2. The molecule has 0 aromatic carbocycles. The fourth-order valence-corrected chi connectivity index (χ4v) is 1.71. The molecule has 0 spiro atoms. The Morgan fingerprint density at radius 3 is 2.55 bits per heavy atom. The Balaban J connectivity index is 2.72. The van der Waals surface area contributed by atoms with Crippen molar-refractivity contribution in [2.45, 2.75) is 45.8 Å². The molecule has 0 saturated carbocycles. The zero-order valence-electron chi connectivity index (χ0n) is 12.4. The van der Waals surface area contributed by atoms with Crippen LogP contribution in [0.5, 0.6) is 0 Å². The lowest BCUT2D eigenvalue weighted by Crippen LogP contribution is -2.25. The van der Waals surface area contributed by atoms with Gasteiger partial charge in [-0.25, -0.2) is 4.79 Å². The Hall–Kier alpha value is -1.98. The van der Waals surface area contributed by atoms with Crippen LogP contribution in [-0.4, -0.2) is 29.2 Å². The summed E-state index contributed by atoms with van der Waals surface area (Å²) in [5, 5.41) is 0. The summed E-state index contributed by atoms with van der Waals surface area (Å²) in [5.41, 5.74) is 6.04. The molecule has 1 aromatic heterocycles. The first kappa shape index (κ1) is 16.1. The van der Waals surface area contributed by atoms with Gasteiger partial charge in [-0.3, -0.25) is 4.79 Å². The van der Waals surface area contributed by atoms with Gasteiger partial charge in [0, 0.05) is 19.2 Å². The van der Waals surface area contributed by atoms with Crippen LogP contribution in [0.1, 0.15) is 44.1 Å². The van der Waals surface area contributed by atoms with Crippen molar-refractivity contribution in [2.75, 3.05) is 12.8 Å². The number of nitrogens with two attached hydrogens (primary N) is 1. The summed E-state index contributed by atoms with van der Waals surface area (Å²) in [6, 6.07) is 1.58. The molecule has 0 aliphatic rings. The Morgan fingerprint density at radius 2 is 2.00 bits per heavy atom. The van der Waals surface area contributed by atoms with Crippen LogP contribution in [-0.2, 0) is 20.8 Å². The van der Waals surface area contributed by atoms with Crippen LogP contribution >= 0.6 is 0 Å². The van der Waals surface area contributed by atoms with E-state index in [1.165, 1.54) is 7.11 Å². The number of nitrogens with zero attached hydrogens (tertiary/aromatic N) is 1. The van der Waals surface area contributed by atoms with Crippen LogP contribution in [0.25, 0.3) is 0 Å². The summed E-state index contributed by atoms with van der Waals surface area (Å²) in [5.74, 6) is -0.698. The summed E-state index contributed by atoms with van der Waals surface area (Å²) < 4.78 is 11.6. The number of carbonyl (C=O) groups excluding carboxylic acids is 2. The predicted octanol–water partition coefficient (Wildman–Crippen LogP) is 1.98. The third-order valence-electron chi connectivity index (χ3n) is 2.53. The van der Waals surface area contributed by atoms with E-state index >= 15 is 0 Å². The van der Waals surface area contributed by atoms with Crippen LogP contribution in [0.4, 0.5) is 5.69 Å². The van der Waals surface area contributed by atoms with E-state index in [2.05, 4.69) is 4.74 Å². The van der Waals surface area contributed by atoms with E-state index in [-0.39, 0.29) is 5.97 Å². The molecule has 0 aliphatic carbocycles. The van der Waals surface area contributed by atoms with Crippen molar-refractivity contribution in [3.63, 3.8) is 0 Å². The Labute approximate surface area is 118 Å². The predicted molar refractivity (Wildman–Crippen MR) is 75.3 cm³/mol. The number of rotatable bonds is 5. The number of aryl methyl sites for hydroxylation is 1. The molecule has 1 rings (SSSR count). The highest BCUT2D eigenvalue weighted by atomic mass is 16.6. The number of carbonyl (C=O) groups is 2. The number of methoxy groups -OCH3 is 1. The third-order valence-corrected chi connectivity index (χ3v) is 2.53. The summed E-state index contributed by atoms with van der Waals surface area (Å²) in [6.07, 6.45) is 2.52. The van der Waals surface area contributed by atoms with Gasteiger partial charge in [-0.15, -0.1) is 0 Å². The van der Waals surface area contributed by atoms with Crippen molar-refractivity contribution in [3.8, 4) is 0 Å². The second kappa shape index (κ2) is 6.45. The van der Waals surface area contributed by atoms with Gasteiger partial charge >= 0.3 is 11.9 Å². The van der Waals surface area contributed by atoms with Gasteiger partial charge in [0.05, 0.1) is 12.8 Å². The van der Waals surface area contributed by atoms with Crippen LogP contribution in [0.15, 0.2) is 12.3 Å². The molecule has 20 heavy (non-hydrogen) atoms. The van der Waals surface area contributed by atoms with E-state index in [4.69, 9.17) is 10.5 Å². The molecule has 1 heterocycles. The van der Waals surface area contributed by atoms with Crippen molar-refractivity contribution in [2.24, 2.45) is 0 Å². The lowest BCUT2D eigenvalue weighted by atomic mass is 10.2. The molecule has 1 aromatic rings. The van der Waals surface area contributed by atoms with Crippen LogP contribution in [0, 0.1) is 0 Å². The first-order valence-corrected chi connectivity index (χ1v) is 6.49. The fourth-order valence-electron chi connectivity index (χ4n) is 1.71. The summed E-state index contributed by atoms with van der Waals surface area (Å²) >= 11 is 0. The Morgan fingerprint density at radius 1 is 1.35 bits per heavy atom. The summed E-state index contributed by atoms with van der Waals surface area (Å²) in [4.78, 5) is 23.1. The molecule has 0 fully saturated rings. The van der Waals surface area contributed by atoms with E-state index in [9.17, 15) is 9.59 Å². The van der Waals surface area contributed by atoms with Gasteiger partial charge in [0.15, 0.2) is 0 Å². The van der Waals surface area contributed by atoms with Gasteiger partial charge in [0.2, 0.25) is 0 Å². The molecule has 6 nitrogen and oxygen atoms in total. The van der Waals surface area contributed by atoms with Crippen molar-refractivity contribution in [1.29, 1.82) is 0 Å². The van der Waals surface area contributed by atoms with Gasteiger partial charge < -0.3 is 19.8 Å². The minimum absolute atomic E-state index is 0.274. The molecule has 0 saturated heterocycles. The SMILES string of the molecule is COC(=O)CCCn1cc(N)cc1C(=O)OC(C)(C)C. The van der Waals surface area contributed by atoms with Gasteiger partial charge in [-0.2, -0.15) is 0 Å². The third kappa shape index (κ3) is 4.95. The van der Waals surface area contributed by atoms with Crippen LogP contribution in [0.2, 0.25) is 0 Å². The zero-order valence-corrected chi connectivity index (χ0v) is 12.4. The molecule has 0 unspecified atom stereocenters. The van der Waals surface area contributed by atoms with Gasteiger partial charge in [0.1, 0.15) is 11.3 Å². The minimum Gasteiger partial charge on any atom is -0.469 e. The first-order valence-electron chi connectivity index (χ1n) is 6.49. The smallest absolute Gasteiger partial charge is 0.355 e. The quantitative estimate of drug-likeness (QED) is 0.835. The van der Waals surface area contributed by atoms with Crippen molar-refractivity contribution < 1.29 is 19.1 Å². The molecule has 0 radical (unpaired) electrons. The highest BCUT2D eigenvalue weighted by Crippen LogP contribution is 2.17. The Kier molecular flexibility index (Phi) is 5.19. The molecular formula is C14H22N2O4. The second-order valence-corrected chi connectivity index (χ2v) is 5.53. The van der Waals surface area contributed by atoms with Crippen molar-refractivity contribution >= 4 is 17.6 Å². The van der Waals surface area contributed by atoms with Gasteiger partial charge in [-0.1, -0.05) is 0 Å². The Bertz CT molecular complexity index is 486. The minimum atomic E-state index is -0.563. The topological polar surface area (TPSA) is 83.5 Å². The molecular weight excluding hydrogens is 260 g/mol. The molecule has 0 amide bonds. The number of nitrogen functional groups attached to an aromatic ring is 1. The van der Waals surface area contributed by atoms with Crippen molar-refractivity contribution in [3.05, 3.63) is 18.0 Å². The highest BCUT2D eigenvalue weighted by molar-refractivity contribution is 5.89. The molecule has 2 N–H and O–H groups in total. The normalized spacial score (nSPS) is 11.2. The van der Waals surface area contributed by atoms with E-state index in [1.807, 2.05) is 0 Å². The van der Waals surface area contributed by atoms with E-state index in [0.717, 1.165) is 0 Å². The number of hydrogen-bond acceptors (Lipinski definition) is 5. The van der Waals surface area contributed by atoms with Gasteiger partial charge in [-0.05, 0) is 33.3 Å². The number of aromatic nitrogens is 1. The maximum absolute atomic E-state index is 12.1. The van der Waals surface area contributed by atoms with Gasteiger partial charge in [0.25, 0.3) is 0 Å². The van der Waals surface area contributed by atoms with E-state index < -0.39 is 11.6 Å². The van der Waals surface area contributed by atoms with Crippen molar-refractivity contribution in [1.82, 2.24) is 4.57 Å². The fraction of sp³-hybridized carbons (Fsp3) is 0.571. The molecule has 112 valence electrons. The molecule has 6 heteroatoms. The largest absolute Gasteiger partial charge is 0.469 e. The molecule has 0 aliphatic heterocycles. The zero-order chi connectivity index (χ0) is 15.3. The maximum atomic E-state index is 12.1. The number of ether oxygens (including phenoxy) is 2. The van der Waals surface area contributed by atoms with E-state index in [0.29, 0.717) is 30.8 Å². The van der Waals surface area contributed by atoms with E-state index in [1.54, 1.807) is 37.6 Å². The first-order chi connectivity index (χ1) is 9.23. The van der Waals surface area contributed by atoms with Crippen LogP contribution < -0.4 is 5.73 Å². The van der Waals surface area contributed by atoms with Crippen LogP contribution in [0.3, 0.4) is 0 Å². The average Bonchev–Trinajstić information content (AvgIpc) is 2.68. The standard InChI is InChI=1S/C14H22N2O4/c1-14(2,3)20-13(18)11-8-10(15)9-16(11)7-5-6-12(17)19-4/h8-9H,5-7,15H2,1-4H3. The maximum Gasteiger partial charge on any atom is 0.355 e. The number of anilines is 1. The summed E-state index contributed by atoms with van der Waals surface area (Å²) in [7, 11) is 1.35. The monoisotopic (exact) mass is 282 g/mol.